The molecule has 0 spiro atoms. The van der Waals surface area contributed by atoms with E-state index in [1.807, 2.05) is 0 Å². The fourth-order valence-corrected chi connectivity index (χ4v) is 2.68. The van der Waals surface area contributed by atoms with Gasteiger partial charge in [-0.15, -0.1) is 0 Å². The van der Waals surface area contributed by atoms with Gasteiger partial charge in [0.1, 0.15) is 0 Å². The van der Waals surface area contributed by atoms with Crippen molar-refractivity contribution in [2.75, 3.05) is 6.54 Å². The molecule has 23 heavy (non-hydrogen) atoms. The smallest absolute Gasteiger partial charge is 0.220 e. The van der Waals surface area contributed by atoms with Crippen molar-refractivity contribution in [2.24, 2.45) is 10.8 Å². The van der Waals surface area contributed by atoms with Crippen molar-refractivity contribution >= 4 is 11.8 Å². The number of carbonyl (C=O) groups excluding carboxylic acids is 2. The zero-order valence-corrected chi connectivity index (χ0v) is 16.6. The van der Waals surface area contributed by atoms with Crippen LogP contribution < -0.4 is 10.6 Å². The van der Waals surface area contributed by atoms with E-state index in [2.05, 4.69) is 59.1 Å². The molecule has 0 rings (SSSR count). The average Bonchev–Trinajstić information content (AvgIpc) is 2.22. The topological polar surface area (TPSA) is 58.2 Å². The Balaban J connectivity index is 4.17. The highest BCUT2D eigenvalue weighted by Crippen LogP contribution is 2.29. The maximum Gasteiger partial charge on any atom is 0.220 e. The molecular formula is C19H38N2O2. The third-order valence-corrected chi connectivity index (χ3v) is 4.00. The second-order valence-electron chi connectivity index (χ2n) is 9.42. The third kappa shape index (κ3) is 13.1. The van der Waals surface area contributed by atoms with Crippen molar-refractivity contribution in [2.45, 2.75) is 93.0 Å². The Morgan fingerprint density at radius 2 is 1.43 bits per heavy atom. The summed E-state index contributed by atoms with van der Waals surface area (Å²) in [6.07, 6.45) is 4.65. The molecule has 0 aliphatic rings. The molecule has 0 aliphatic carbocycles. The van der Waals surface area contributed by atoms with E-state index in [0.29, 0.717) is 6.42 Å². The van der Waals surface area contributed by atoms with E-state index < -0.39 is 0 Å². The molecule has 136 valence electrons. The van der Waals surface area contributed by atoms with E-state index in [4.69, 9.17) is 0 Å². The lowest BCUT2D eigenvalue weighted by Crippen LogP contribution is -2.44. The van der Waals surface area contributed by atoms with Crippen LogP contribution in [0, 0.1) is 10.8 Å². The van der Waals surface area contributed by atoms with Gasteiger partial charge >= 0.3 is 0 Å². The van der Waals surface area contributed by atoms with Crippen LogP contribution in [0.4, 0.5) is 0 Å². The first-order chi connectivity index (χ1) is 10.2. The summed E-state index contributed by atoms with van der Waals surface area (Å²) in [6, 6.07) is 0. The van der Waals surface area contributed by atoms with Crippen molar-refractivity contribution in [1.82, 2.24) is 10.6 Å². The van der Waals surface area contributed by atoms with Gasteiger partial charge in [0.25, 0.3) is 0 Å². The van der Waals surface area contributed by atoms with E-state index in [1.54, 1.807) is 6.92 Å². The molecule has 0 aromatic rings. The summed E-state index contributed by atoms with van der Waals surface area (Å²) in [4.78, 5) is 23.0. The van der Waals surface area contributed by atoms with E-state index >= 15 is 0 Å². The summed E-state index contributed by atoms with van der Waals surface area (Å²) in [7, 11) is 0. The second-order valence-corrected chi connectivity index (χ2v) is 9.42. The van der Waals surface area contributed by atoms with Crippen LogP contribution in [0.3, 0.4) is 0 Å². The summed E-state index contributed by atoms with van der Waals surface area (Å²) in [5.74, 6) is 0.163. The van der Waals surface area contributed by atoms with Gasteiger partial charge in [-0.1, -0.05) is 41.0 Å². The highest BCUT2D eigenvalue weighted by molar-refractivity contribution is 5.77. The lowest BCUT2D eigenvalue weighted by atomic mass is 9.82. The highest BCUT2D eigenvalue weighted by Gasteiger charge is 2.25. The van der Waals surface area contributed by atoms with Gasteiger partial charge in [-0.05, 0) is 43.9 Å². The Kier molecular flexibility index (Phi) is 8.30. The van der Waals surface area contributed by atoms with Gasteiger partial charge in [0, 0.05) is 25.4 Å². The van der Waals surface area contributed by atoms with Crippen molar-refractivity contribution in [3.05, 3.63) is 0 Å². The largest absolute Gasteiger partial charge is 0.356 e. The SMILES string of the molecule is CC(=O)NCCC(C)(C)CCCC(C)(C)NC(=O)CC(C)(C)C. The minimum absolute atomic E-state index is 0.0197. The molecule has 2 amide bonds. The molecule has 4 heteroatoms. The van der Waals surface area contributed by atoms with Crippen LogP contribution in [0.15, 0.2) is 0 Å². The quantitative estimate of drug-likeness (QED) is 0.672. The van der Waals surface area contributed by atoms with Crippen LogP contribution in [0.2, 0.25) is 0 Å². The Morgan fingerprint density at radius 3 is 1.91 bits per heavy atom. The second kappa shape index (κ2) is 8.70. The maximum absolute atomic E-state index is 12.1. The van der Waals surface area contributed by atoms with Crippen LogP contribution in [0.5, 0.6) is 0 Å². The Morgan fingerprint density at radius 1 is 0.870 bits per heavy atom. The van der Waals surface area contributed by atoms with Crippen LogP contribution in [-0.2, 0) is 9.59 Å². The Bertz CT molecular complexity index is 393. The number of rotatable bonds is 9. The molecule has 0 unspecified atom stereocenters. The van der Waals surface area contributed by atoms with Gasteiger partial charge in [0.15, 0.2) is 0 Å². The zero-order chi connectivity index (χ0) is 18.3. The average molecular weight is 327 g/mol. The molecular weight excluding hydrogens is 288 g/mol. The number of hydrogen-bond donors (Lipinski definition) is 2. The van der Waals surface area contributed by atoms with Crippen LogP contribution >= 0.6 is 0 Å². The molecule has 0 saturated carbocycles. The van der Waals surface area contributed by atoms with E-state index in [9.17, 15) is 9.59 Å². The number of hydrogen-bond acceptors (Lipinski definition) is 2. The molecule has 0 heterocycles. The van der Waals surface area contributed by atoms with Crippen molar-refractivity contribution < 1.29 is 9.59 Å². The Hall–Kier alpha value is -1.06. The van der Waals surface area contributed by atoms with Crippen molar-refractivity contribution in [3.63, 3.8) is 0 Å². The van der Waals surface area contributed by atoms with Gasteiger partial charge in [-0.2, -0.15) is 0 Å². The van der Waals surface area contributed by atoms with Crippen molar-refractivity contribution in [1.29, 1.82) is 0 Å². The first-order valence-corrected chi connectivity index (χ1v) is 8.78. The summed E-state index contributed by atoms with van der Waals surface area (Å²) < 4.78 is 0. The first-order valence-electron chi connectivity index (χ1n) is 8.78. The lowest BCUT2D eigenvalue weighted by Gasteiger charge is -2.31. The molecule has 4 nitrogen and oxygen atoms in total. The van der Waals surface area contributed by atoms with E-state index in [1.165, 1.54) is 0 Å². The minimum atomic E-state index is -0.171. The molecule has 0 aliphatic heterocycles. The van der Waals surface area contributed by atoms with Crippen molar-refractivity contribution in [3.8, 4) is 0 Å². The molecule has 0 bridgehead atoms. The summed E-state index contributed by atoms with van der Waals surface area (Å²) in [6.45, 7) is 17.2. The predicted octanol–water partition coefficient (Wildman–Crippen LogP) is 4.04. The standard InChI is InChI=1S/C19H38N2O2/c1-15(22)20-13-12-18(5,6)10-9-11-19(7,8)21-16(23)14-17(2,3)4/h9-14H2,1-8H3,(H,20,22)(H,21,23). The summed E-state index contributed by atoms with van der Waals surface area (Å²) in [5.41, 5.74) is 0.0515. The molecule has 0 fully saturated rings. The number of carbonyl (C=O) groups is 2. The van der Waals surface area contributed by atoms with Gasteiger partial charge in [-0.25, -0.2) is 0 Å². The van der Waals surface area contributed by atoms with E-state index in [0.717, 1.165) is 32.2 Å². The fourth-order valence-electron chi connectivity index (χ4n) is 2.68. The summed E-state index contributed by atoms with van der Waals surface area (Å²) >= 11 is 0. The molecule has 0 saturated heterocycles. The fraction of sp³-hybridized carbons (Fsp3) is 0.895. The summed E-state index contributed by atoms with van der Waals surface area (Å²) in [5, 5.41) is 6.02. The number of nitrogens with one attached hydrogen (secondary N) is 2. The molecule has 0 aromatic carbocycles. The Labute approximate surface area is 143 Å². The van der Waals surface area contributed by atoms with Crippen LogP contribution in [0.25, 0.3) is 0 Å². The molecule has 0 radical (unpaired) electrons. The number of amides is 2. The van der Waals surface area contributed by atoms with Crippen LogP contribution in [0.1, 0.15) is 87.5 Å². The lowest BCUT2D eigenvalue weighted by molar-refractivity contribution is -0.124. The molecule has 2 N–H and O–H groups in total. The van der Waals surface area contributed by atoms with Gasteiger partial charge in [0.05, 0.1) is 0 Å². The monoisotopic (exact) mass is 326 g/mol. The van der Waals surface area contributed by atoms with E-state index in [-0.39, 0.29) is 28.2 Å². The third-order valence-electron chi connectivity index (χ3n) is 4.00. The van der Waals surface area contributed by atoms with Crippen LogP contribution in [-0.4, -0.2) is 23.9 Å². The van der Waals surface area contributed by atoms with Gasteiger partial charge < -0.3 is 10.6 Å². The predicted molar refractivity (Wildman–Crippen MR) is 97.2 cm³/mol. The molecule has 0 aromatic heterocycles. The van der Waals surface area contributed by atoms with Gasteiger partial charge in [0.2, 0.25) is 11.8 Å². The van der Waals surface area contributed by atoms with Gasteiger partial charge in [-0.3, -0.25) is 9.59 Å². The zero-order valence-electron chi connectivity index (χ0n) is 16.6. The highest BCUT2D eigenvalue weighted by atomic mass is 16.2. The normalized spacial score (nSPS) is 12.9. The minimum Gasteiger partial charge on any atom is -0.356 e. The maximum atomic E-state index is 12.1. The first kappa shape index (κ1) is 21.9. The molecule has 0 atom stereocenters.